The molecule has 3 rings (SSSR count). The van der Waals surface area contributed by atoms with Gasteiger partial charge in [-0.3, -0.25) is 9.69 Å². The van der Waals surface area contributed by atoms with Gasteiger partial charge >= 0.3 is 5.97 Å². The number of benzene rings is 1. The maximum Gasteiger partial charge on any atom is 0.317 e. The first kappa shape index (κ1) is 11.7. The summed E-state index contributed by atoms with van der Waals surface area (Å²) in [6.45, 7) is 2.47. The predicted molar refractivity (Wildman–Crippen MR) is 72.6 cm³/mol. The van der Waals surface area contributed by atoms with E-state index in [9.17, 15) is 4.79 Å². The van der Waals surface area contributed by atoms with E-state index < -0.39 is 5.97 Å². The summed E-state index contributed by atoms with van der Waals surface area (Å²) >= 11 is 3.47. The molecule has 2 heterocycles. The fourth-order valence-corrected chi connectivity index (χ4v) is 2.95. The number of nitrogens with zero attached hydrogens (tertiary/aromatic N) is 2. The fraction of sp³-hybridized carbons (Fsp3) is 0.308. The second-order valence-corrected chi connectivity index (χ2v) is 5.51. The molecule has 1 N–H and O–H groups in total. The van der Waals surface area contributed by atoms with E-state index in [0.29, 0.717) is 6.54 Å². The van der Waals surface area contributed by atoms with Gasteiger partial charge in [-0.25, -0.2) is 0 Å². The number of aromatic nitrogens is 1. The van der Waals surface area contributed by atoms with E-state index >= 15 is 0 Å². The van der Waals surface area contributed by atoms with Crippen LogP contribution in [0.15, 0.2) is 28.7 Å². The number of carboxylic acid groups (broad SMARTS) is 1. The minimum Gasteiger partial charge on any atom is -0.480 e. The molecule has 5 heteroatoms. The van der Waals surface area contributed by atoms with Gasteiger partial charge in [0.15, 0.2) is 0 Å². The van der Waals surface area contributed by atoms with E-state index in [1.807, 2.05) is 11.0 Å². The molecule has 18 heavy (non-hydrogen) atoms. The molecule has 0 bridgehead atoms. The average Bonchev–Trinajstić information content (AvgIpc) is 2.64. The first-order valence-corrected chi connectivity index (χ1v) is 6.64. The van der Waals surface area contributed by atoms with E-state index in [1.165, 1.54) is 16.6 Å². The van der Waals surface area contributed by atoms with Crippen LogP contribution in [0.2, 0.25) is 0 Å². The van der Waals surface area contributed by atoms with Crippen molar-refractivity contribution in [2.24, 2.45) is 0 Å². The summed E-state index contributed by atoms with van der Waals surface area (Å²) in [7, 11) is 0. The zero-order valence-electron chi connectivity index (χ0n) is 9.77. The minimum atomic E-state index is -0.762. The second kappa shape index (κ2) is 4.40. The standard InChI is InChI=1S/C13H13BrN2O2/c14-10-1-2-12-9(5-10)6-11-7-15(8-13(17)18)3-4-16(11)12/h1-2,5-6H,3-4,7-8H2,(H,17,18). The van der Waals surface area contributed by atoms with E-state index in [1.54, 1.807) is 0 Å². The lowest BCUT2D eigenvalue weighted by atomic mass is 10.2. The lowest BCUT2D eigenvalue weighted by molar-refractivity contribution is -0.138. The molecular formula is C13H13BrN2O2. The van der Waals surface area contributed by atoms with E-state index in [0.717, 1.165) is 17.6 Å². The van der Waals surface area contributed by atoms with Gasteiger partial charge in [-0.15, -0.1) is 0 Å². The molecule has 4 nitrogen and oxygen atoms in total. The Labute approximate surface area is 113 Å². The molecule has 0 saturated heterocycles. The Morgan fingerprint density at radius 3 is 2.94 bits per heavy atom. The Bertz CT molecular complexity index is 621. The van der Waals surface area contributed by atoms with Gasteiger partial charge in [0.25, 0.3) is 0 Å². The van der Waals surface area contributed by atoms with Crippen LogP contribution in [0.25, 0.3) is 10.9 Å². The van der Waals surface area contributed by atoms with E-state index in [-0.39, 0.29) is 6.54 Å². The third-order valence-electron chi connectivity index (χ3n) is 3.33. The Kier molecular flexibility index (Phi) is 2.87. The first-order valence-electron chi connectivity index (χ1n) is 5.85. The van der Waals surface area contributed by atoms with Crippen molar-refractivity contribution < 1.29 is 9.90 Å². The molecule has 0 atom stereocenters. The van der Waals surface area contributed by atoms with Crippen molar-refractivity contribution in [3.05, 3.63) is 34.4 Å². The largest absolute Gasteiger partial charge is 0.480 e. The van der Waals surface area contributed by atoms with Crippen molar-refractivity contribution in [3.8, 4) is 0 Å². The van der Waals surface area contributed by atoms with Crippen LogP contribution in [0.4, 0.5) is 0 Å². The van der Waals surface area contributed by atoms with Crippen LogP contribution in [-0.2, 0) is 17.9 Å². The van der Waals surface area contributed by atoms with E-state index in [2.05, 4.69) is 38.7 Å². The Morgan fingerprint density at radius 1 is 1.33 bits per heavy atom. The molecule has 2 aromatic rings. The van der Waals surface area contributed by atoms with Crippen molar-refractivity contribution in [2.75, 3.05) is 13.1 Å². The summed E-state index contributed by atoms with van der Waals surface area (Å²) in [5.41, 5.74) is 2.42. The van der Waals surface area contributed by atoms with Gasteiger partial charge in [0.05, 0.1) is 6.54 Å². The van der Waals surface area contributed by atoms with Crippen LogP contribution >= 0.6 is 15.9 Å². The summed E-state index contributed by atoms with van der Waals surface area (Å²) < 4.78 is 3.35. The molecule has 1 aliphatic rings. The second-order valence-electron chi connectivity index (χ2n) is 4.59. The number of halogens is 1. The van der Waals surface area contributed by atoms with Crippen LogP contribution < -0.4 is 0 Å². The Morgan fingerprint density at radius 2 is 2.17 bits per heavy atom. The smallest absolute Gasteiger partial charge is 0.317 e. The summed E-state index contributed by atoms with van der Waals surface area (Å²) in [5.74, 6) is -0.762. The highest BCUT2D eigenvalue weighted by Gasteiger charge is 2.19. The molecular weight excluding hydrogens is 296 g/mol. The van der Waals surface area contributed by atoms with Crippen LogP contribution in [0.3, 0.4) is 0 Å². The van der Waals surface area contributed by atoms with E-state index in [4.69, 9.17) is 5.11 Å². The first-order chi connectivity index (χ1) is 8.63. The van der Waals surface area contributed by atoms with Crippen molar-refractivity contribution in [1.82, 2.24) is 9.47 Å². The molecule has 0 saturated carbocycles. The molecule has 1 aromatic carbocycles. The Hall–Kier alpha value is -1.33. The topological polar surface area (TPSA) is 45.5 Å². The molecule has 0 fully saturated rings. The lowest BCUT2D eigenvalue weighted by Crippen LogP contribution is -2.36. The van der Waals surface area contributed by atoms with Crippen molar-refractivity contribution >= 4 is 32.8 Å². The molecule has 0 aliphatic carbocycles. The predicted octanol–water partition coefficient (Wildman–Crippen LogP) is 2.30. The third-order valence-corrected chi connectivity index (χ3v) is 3.83. The van der Waals surface area contributed by atoms with Gasteiger partial charge < -0.3 is 9.67 Å². The normalized spacial score (nSPS) is 15.8. The third kappa shape index (κ3) is 2.04. The number of hydrogen-bond donors (Lipinski definition) is 1. The molecule has 0 amide bonds. The zero-order valence-corrected chi connectivity index (χ0v) is 11.4. The van der Waals surface area contributed by atoms with Gasteiger partial charge in [-0.05, 0) is 24.3 Å². The molecule has 94 valence electrons. The van der Waals surface area contributed by atoms with Crippen LogP contribution in [0.5, 0.6) is 0 Å². The molecule has 0 spiro atoms. The SMILES string of the molecule is O=C(O)CN1CCn2c(cc3cc(Br)ccc32)C1. The highest BCUT2D eigenvalue weighted by molar-refractivity contribution is 9.10. The Balaban J connectivity index is 1.97. The van der Waals surface area contributed by atoms with Gasteiger partial charge in [0.1, 0.15) is 0 Å². The quantitative estimate of drug-likeness (QED) is 0.926. The fourth-order valence-electron chi connectivity index (χ4n) is 2.57. The number of fused-ring (bicyclic) bond motifs is 3. The van der Waals surface area contributed by atoms with Crippen molar-refractivity contribution in [1.29, 1.82) is 0 Å². The number of aliphatic carboxylic acids is 1. The minimum absolute atomic E-state index is 0.116. The summed E-state index contributed by atoms with van der Waals surface area (Å²) in [6, 6.07) is 8.39. The molecule has 0 radical (unpaired) electrons. The maximum absolute atomic E-state index is 10.7. The van der Waals surface area contributed by atoms with Gasteiger partial charge in [0.2, 0.25) is 0 Å². The average molecular weight is 309 g/mol. The molecule has 1 aliphatic heterocycles. The maximum atomic E-state index is 10.7. The zero-order chi connectivity index (χ0) is 12.7. The molecule has 0 unspecified atom stereocenters. The van der Waals surface area contributed by atoms with Gasteiger partial charge in [-0.2, -0.15) is 0 Å². The summed E-state index contributed by atoms with van der Waals surface area (Å²) in [4.78, 5) is 12.7. The number of rotatable bonds is 2. The number of hydrogen-bond acceptors (Lipinski definition) is 2. The van der Waals surface area contributed by atoms with Crippen molar-refractivity contribution in [2.45, 2.75) is 13.1 Å². The van der Waals surface area contributed by atoms with Crippen LogP contribution in [0.1, 0.15) is 5.69 Å². The number of carbonyl (C=O) groups is 1. The number of carboxylic acids is 1. The molecule has 1 aromatic heterocycles. The lowest BCUT2D eigenvalue weighted by Gasteiger charge is -2.27. The van der Waals surface area contributed by atoms with Gasteiger partial charge in [-0.1, -0.05) is 15.9 Å². The highest BCUT2D eigenvalue weighted by Crippen LogP contribution is 2.26. The van der Waals surface area contributed by atoms with Crippen LogP contribution in [-0.4, -0.2) is 33.6 Å². The summed E-state index contributed by atoms with van der Waals surface area (Å²) in [6.07, 6.45) is 0. The van der Waals surface area contributed by atoms with Crippen LogP contribution in [0, 0.1) is 0 Å². The monoisotopic (exact) mass is 308 g/mol. The van der Waals surface area contributed by atoms with Crippen molar-refractivity contribution in [3.63, 3.8) is 0 Å². The summed E-state index contributed by atoms with van der Waals surface area (Å²) in [5, 5.41) is 10.0. The van der Waals surface area contributed by atoms with Gasteiger partial charge in [0, 0.05) is 40.7 Å². The highest BCUT2D eigenvalue weighted by atomic mass is 79.9.